The third kappa shape index (κ3) is 7.94. The van der Waals surface area contributed by atoms with Crippen LogP contribution in [0.1, 0.15) is 31.7 Å². The monoisotopic (exact) mass is 530 g/mol. The van der Waals surface area contributed by atoms with Crippen LogP contribution in [0.2, 0.25) is 5.02 Å². The summed E-state index contributed by atoms with van der Waals surface area (Å²) < 4.78 is 29.8. The van der Waals surface area contributed by atoms with Gasteiger partial charge in [-0.3, -0.25) is 4.79 Å². The second-order valence-electron chi connectivity index (χ2n) is 6.43. The molecule has 1 fully saturated rings. The molecule has 1 aliphatic heterocycles. The van der Waals surface area contributed by atoms with Gasteiger partial charge < -0.3 is 20.7 Å². The Balaban J connectivity index is 0.00000392. The van der Waals surface area contributed by atoms with Crippen LogP contribution < -0.4 is 15.8 Å². The number of piperidine rings is 1. The SMILES string of the molecule is CCNC(=NCc1cc(Cl)ccc1OC(F)F)N1CCCC(CC(N)=O)C1.I. The Morgan fingerprint density at radius 1 is 1.50 bits per heavy atom. The Hall–Kier alpha value is -1.36. The number of hydrogen-bond acceptors (Lipinski definition) is 3. The molecule has 1 unspecified atom stereocenters. The van der Waals surface area contributed by atoms with Crippen LogP contribution in [0.5, 0.6) is 5.75 Å². The minimum atomic E-state index is -2.92. The summed E-state index contributed by atoms with van der Waals surface area (Å²) >= 11 is 5.98. The second-order valence-corrected chi connectivity index (χ2v) is 6.86. The van der Waals surface area contributed by atoms with E-state index in [9.17, 15) is 13.6 Å². The van der Waals surface area contributed by atoms with Gasteiger partial charge in [0.25, 0.3) is 0 Å². The van der Waals surface area contributed by atoms with Gasteiger partial charge >= 0.3 is 6.61 Å². The minimum Gasteiger partial charge on any atom is -0.434 e. The fraction of sp³-hybridized carbons (Fsp3) is 0.556. The zero-order chi connectivity index (χ0) is 19.8. The lowest BCUT2D eigenvalue weighted by molar-refractivity contribution is -0.119. The molecule has 3 N–H and O–H groups in total. The van der Waals surface area contributed by atoms with Gasteiger partial charge in [0.05, 0.1) is 6.54 Å². The summed E-state index contributed by atoms with van der Waals surface area (Å²) in [7, 11) is 0. The molecule has 158 valence electrons. The summed E-state index contributed by atoms with van der Waals surface area (Å²) in [6.45, 7) is 1.30. The van der Waals surface area contributed by atoms with Crippen molar-refractivity contribution in [1.29, 1.82) is 0 Å². The first-order valence-corrected chi connectivity index (χ1v) is 9.31. The number of nitrogens with two attached hydrogens (primary N) is 1. The van der Waals surface area contributed by atoms with Crippen LogP contribution in [0.25, 0.3) is 0 Å². The van der Waals surface area contributed by atoms with Crippen molar-refractivity contribution in [2.24, 2.45) is 16.6 Å². The molecule has 1 heterocycles. The first-order valence-electron chi connectivity index (χ1n) is 8.93. The van der Waals surface area contributed by atoms with E-state index in [0.29, 0.717) is 36.1 Å². The van der Waals surface area contributed by atoms with Crippen LogP contribution >= 0.6 is 35.6 Å². The summed E-state index contributed by atoms with van der Waals surface area (Å²) in [5.41, 5.74) is 5.79. The molecular weight excluding hydrogens is 505 g/mol. The average molecular weight is 531 g/mol. The number of benzene rings is 1. The Morgan fingerprint density at radius 3 is 2.89 bits per heavy atom. The van der Waals surface area contributed by atoms with Crippen molar-refractivity contribution < 1.29 is 18.3 Å². The molecule has 0 aromatic heterocycles. The molecule has 1 aromatic rings. The van der Waals surface area contributed by atoms with E-state index in [1.165, 1.54) is 12.1 Å². The zero-order valence-corrected chi connectivity index (χ0v) is 18.8. The van der Waals surface area contributed by atoms with E-state index < -0.39 is 6.61 Å². The highest BCUT2D eigenvalue weighted by Gasteiger charge is 2.23. The summed E-state index contributed by atoms with van der Waals surface area (Å²) in [5, 5.41) is 3.63. The number of amides is 1. The van der Waals surface area contributed by atoms with Crippen molar-refractivity contribution >= 4 is 47.4 Å². The van der Waals surface area contributed by atoms with Gasteiger partial charge in [-0.1, -0.05) is 11.6 Å². The smallest absolute Gasteiger partial charge is 0.387 e. The predicted octanol–water partition coefficient (Wildman–Crippen LogP) is 3.61. The molecule has 28 heavy (non-hydrogen) atoms. The third-order valence-electron chi connectivity index (χ3n) is 4.28. The average Bonchev–Trinajstić information content (AvgIpc) is 2.60. The molecule has 1 saturated heterocycles. The fourth-order valence-corrected chi connectivity index (χ4v) is 3.37. The quantitative estimate of drug-likeness (QED) is 0.321. The summed E-state index contributed by atoms with van der Waals surface area (Å²) in [6.07, 6.45) is 2.22. The van der Waals surface area contributed by atoms with Gasteiger partial charge in [0.2, 0.25) is 5.91 Å². The first-order chi connectivity index (χ1) is 12.9. The fourth-order valence-electron chi connectivity index (χ4n) is 3.18. The molecule has 1 aliphatic rings. The van der Waals surface area contributed by atoms with Crippen molar-refractivity contribution in [3.63, 3.8) is 0 Å². The summed E-state index contributed by atoms with van der Waals surface area (Å²) in [4.78, 5) is 17.8. The van der Waals surface area contributed by atoms with Crippen molar-refractivity contribution in [3.05, 3.63) is 28.8 Å². The van der Waals surface area contributed by atoms with E-state index in [2.05, 4.69) is 19.9 Å². The van der Waals surface area contributed by atoms with Gasteiger partial charge in [0, 0.05) is 36.6 Å². The number of carbonyl (C=O) groups excluding carboxylic acids is 1. The number of guanidine groups is 1. The van der Waals surface area contributed by atoms with Crippen molar-refractivity contribution in [3.8, 4) is 5.75 Å². The highest BCUT2D eigenvalue weighted by Crippen LogP contribution is 2.26. The normalized spacial score (nSPS) is 17.2. The number of carbonyl (C=O) groups is 1. The first kappa shape index (κ1) is 24.7. The standard InChI is InChI=1S/C18H25ClF2N4O2.HI/c1-2-23-18(25-7-3-4-12(11-25)8-16(22)26)24-10-13-9-14(19)5-6-15(13)27-17(20)21;/h5-6,9,12,17H,2-4,7-8,10-11H2,1H3,(H2,22,26)(H,23,24);1H. The number of primary amides is 1. The van der Waals surface area contributed by atoms with Crippen LogP contribution in [-0.4, -0.2) is 43.0 Å². The van der Waals surface area contributed by atoms with E-state index in [1.807, 2.05) is 6.92 Å². The van der Waals surface area contributed by atoms with Crippen LogP contribution in [0.15, 0.2) is 23.2 Å². The molecule has 0 aliphatic carbocycles. The lowest BCUT2D eigenvalue weighted by Gasteiger charge is -2.34. The molecule has 6 nitrogen and oxygen atoms in total. The lowest BCUT2D eigenvalue weighted by Crippen LogP contribution is -2.47. The van der Waals surface area contributed by atoms with Crippen LogP contribution in [0.4, 0.5) is 8.78 Å². The zero-order valence-electron chi connectivity index (χ0n) is 15.7. The van der Waals surface area contributed by atoms with Crippen LogP contribution in [0, 0.1) is 5.92 Å². The molecule has 0 saturated carbocycles. The van der Waals surface area contributed by atoms with E-state index in [0.717, 1.165) is 19.4 Å². The number of halogens is 4. The highest BCUT2D eigenvalue weighted by atomic mass is 127. The Labute approximate surface area is 185 Å². The van der Waals surface area contributed by atoms with Crippen LogP contribution in [-0.2, 0) is 11.3 Å². The van der Waals surface area contributed by atoms with Gasteiger partial charge in [0.15, 0.2) is 5.96 Å². The van der Waals surface area contributed by atoms with E-state index in [-0.39, 0.29) is 48.1 Å². The summed E-state index contributed by atoms with van der Waals surface area (Å²) in [5.74, 6) is 0.592. The molecule has 0 radical (unpaired) electrons. The Bertz CT molecular complexity index is 679. The Morgan fingerprint density at radius 2 is 2.25 bits per heavy atom. The molecular formula is C18H26ClF2IN4O2. The van der Waals surface area contributed by atoms with Crippen LogP contribution in [0.3, 0.4) is 0 Å². The van der Waals surface area contributed by atoms with Gasteiger partial charge in [-0.25, -0.2) is 4.99 Å². The highest BCUT2D eigenvalue weighted by molar-refractivity contribution is 14.0. The van der Waals surface area contributed by atoms with Gasteiger partial charge in [0.1, 0.15) is 5.75 Å². The number of hydrogen-bond donors (Lipinski definition) is 2. The van der Waals surface area contributed by atoms with E-state index in [4.69, 9.17) is 17.3 Å². The predicted molar refractivity (Wildman–Crippen MR) is 116 cm³/mol. The Kier molecular flexibility index (Phi) is 10.8. The number of alkyl halides is 2. The number of ether oxygens (including phenoxy) is 1. The molecule has 0 bridgehead atoms. The lowest BCUT2D eigenvalue weighted by atomic mass is 9.95. The maximum Gasteiger partial charge on any atom is 0.387 e. The number of nitrogens with zero attached hydrogens (tertiary/aromatic N) is 2. The largest absolute Gasteiger partial charge is 0.434 e. The number of likely N-dealkylation sites (tertiary alicyclic amines) is 1. The van der Waals surface area contributed by atoms with Gasteiger partial charge in [-0.2, -0.15) is 8.78 Å². The van der Waals surface area contributed by atoms with Crippen molar-refractivity contribution in [1.82, 2.24) is 10.2 Å². The number of rotatable bonds is 7. The maximum atomic E-state index is 12.6. The second kappa shape index (κ2) is 12.3. The summed E-state index contributed by atoms with van der Waals surface area (Å²) in [6, 6.07) is 4.48. The van der Waals surface area contributed by atoms with Gasteiger partial charge in [-0.05, 0) is 43.9 Å². The van der Waals surface area contributed by atoms with E-state index >= 15 is 0 Å². The third-order valence-corrected chi connectivity index (χ3v) is 4.52. The van der Waals surface area contributed by atoms with E-state index in [1.54, 1.807) is 6.07 Å². The molecule has 1 aromatic carbocycles. The minimum absolute atomic E-state index is 0. The van der Waals surface area contributed by atoms with Crippen molar-refractivity contribution in [2.75, 3.05) is 19.6 Å². The van der Waals surface area contributed by atoms with Crippen molar-refractivity contribution in [2.45, 2.75) is 39.3 Å². The number of aliphatic imine (C=N–C) groups is 1. The topological polar surface area (TPSA) is 80.0 Å². The molecule has 10 heteroatoms. The van der Waals surface area contributed by atoms with Gasteiger partial charge in [-0.15, -0.1) is 24.0 Å². The molecule has 1 amide bonds. The molecule has 0 spiro atoms. The number of nitrogens with one attached hydrogen (secondary N) is 1. The maximum absolute atomic E-state index is 12.6. The molecule has 2 rings (SSSR count). The molecule has 1 atom stereocenters.